The highest BCUT2D eigenvalue weighted by Gasteiger charge is 2.31. The summed E-state index contributed by atoms with van der Waals surface area (Å²) < 4.78 is 32.0. The van der Waals surface area contributed by atoms with E-state index in [9.17, 15) is 13.5 Å². The minimum absolute atomic E-state index is 0.0217. The Morgan fingerprint density at radius 3 is 2.75 bits per heavy atom. The monoisotopic (exact) mass is 299 g/mol. The first-order valence-electron chi connectivity index (χ1n) is 6.80. The molecule has 6 heteroatoms. The maximum absolute atomic E-state index is 12.7. The van der Waals surface area contributed by atoms with Crippen molar-refractivity contribution < 1.29 is 18.3 Å². The molecule has 1 aromatic carbocycles. The van der Waals surface area contributed by atoms with E-state index < -0.39 is 10.0 Å². The maximum atomic E-state index is 12.7. The predicted molar refractivity (Wildman–Crippen MR) is 76.1 cm³/mol. The second kappa shape index (κ2) is 6.11. The Bertz CT molecular complexity index is 571. The molecule has 20 heavy (non-hydrogen) atoms. The number of aliphatic hydroxyl groups is 1. The van der Waals surface area contributed by atoms with Gasteiger partial charge in [-0.3, -0.25) is 0 Å². The molecule has 1 saturated heterocycles. The molecule has 0 spiro atoms. The summed E-state index contributed by atoms with van der Waals surface area (Å²) in [6.07, 6.45) is 2.85. The number of piperidine rings is 1. The van der Waals surface area contributed by atoms with Gasteiger partial charge < -0.3 is 9.84 Å². The van der Waals surface area contributed by atoms with Crippen LogP contribution in [0.2, 0.25) is 0 Å². The number of aliphatic hydroxyl groups excluding tert-OH is 1. The van der Waals surface area contributed by atoms with Crippen LogP contribution in [0.25, 0.3) is 0 Å². The van der Waals surface area contributed by atoms with Crippen LogP contribution in [-0.2, 0) is 16.6 Å². The van der Waals surface area contributed by atoms with Crippen molar-refractivity contribution in [2.24, 2.45) is 0 Å². The van der Waals surface area contributed by atoms with Crippen molar-refractivity contribution in [1.29, 1.82) is 0 Å². The number of rotatable bonds is 4. The molecule has 0 aliphatic carbocycles. The van der Waals surface area contributed by atoms with Crippen LogP contribution in [0.3, 0.4) is 0 Å². The predicted octanol–water partition coefficient (Wildman–Crippen LogP) is 1.75. The first kappa shape index (κ1) is 15.3. The van der Waals surface area contributed by atoms with E-state index in [1.54, 1.807) is 10.4 Å². The van der Waals surface area contributed by atoms with Gasteiger partial charge in [-0.2, -0.15) is 4.31 Å². The van der Waals surface area contributed by atoms with E-state index >= 15 is 0 Å². The fraction of sp³-hybridized carbons (Fsp3) is 0.571. The van der Waals surface area contributed by atoms with Crippen molar-refractivity contribution >= 4 is 10.0 Å². The SMILES string of the molecule is COc1ccc(S(=O)(=O)N2CCCCC2C)cc1CO. The fourth-order valence-corrected chi connectivity index (χ4v) is 4.35. The molecule has 1 unspecified atom stereocenters. The molecule has 0 aromatic heterocycles. The fourth-order valence-electron chi connectivity index (χ4n) is 2.60. The number of nitrogens with zero attached hydrogens (tertiary/aromatic N) is 1. The van der Waals surface area contributed by atoms with Crippen molar-refractivity contribution in [1.82, 2.24) is 4.31 Å². The molecule has 112 valence electrons. The average molecular weight is 299 g/mol. The summed E-state index contributed by atoms with van der Waals surface area (Å²) in [5.74, 6) is 0.498. The van der Waals surface area contributed by atoms with Crippen molar-refractivity contribution in [2.75, 3.05) is 13.7 Å². The lowest BCUT2D eigenvalue weighted by atomic mass is 10.1. The summed E-state index contributed by atoms with van der Waals surface area (Å²) in [6, 6.07) is 4.64. The van der Waals surface area contributed by atoms with Crippen molar-refractivity contribution in [3.05, 3.63) is 23.8 Å². The minimum atomic E-state index is -3.50. The molecule has 5 nitrogen and oxygen atoms in total. The van der Waals surface area contributed by atoms with Gasteiger partial charge >= 0.3 is 0 Å². The average Bonchev–Trinajstić information content (AvgIpc) is 2.46. The lowest BCUT2D eigenvalue weighted by Gasteiger charge is -2.32. The Morgan fingerprint density at radius 2 is 2.15 bits per heavy atom. The molecule has 0 saturated carbocycles. The van der Waals surface area contributed by atoms with Gasteiger partial charge in [-0.25, -0.2) is 8.42 Å². The van der Waals surface area contributed by atoms with E-state index in [-0.39, 0.29) is 17.5 Å². The summed E-state index contributed by atoms with van der Waals surface area (Å²) >= 11 is 0. The highest BCUT2D eigenvalue weighted by atomic mass is 32.2. The number of hydrogen-bond donors (Lipinski definition) is 1. The lowest BCUT2D eigenvalue weighted by Crippen LogP contribution is -2.41. The van der Waals surface area contributed by atoms with E-state index in [0.717, 1.165) is 19.3 Å². The molecule has 2 rings (SSSR count). The van der Waals surface area contributed by atoms with E-state index in [0.29, 0.717) is 17.9 Å². The third kappa shape index (κ3) is 2.82. The summed E-state index contributed by atoms with van der Waals surface area (Å²) in [4.78, 5) is 0.219. The van der Waals surface area contributed by atoms with Crippen LogP contribution in [-0.4, -0.2) is 37.5 Å². The van der Waals surface area contributed by atoms with E-state index in [4.69, 9.17) is 4.74 Å². The van der Waals surface area contributed by atoms with Crippen LogP contribution >= 0.6 is 0 Å². The standard InChI is InChI=1S/C14H21NO4S/c1-11-5-3-4-8-15(11)20(17,18)13-6-7-14(19-2)12(9-13)10-16/h6-7,9,11,16H,3-5,8,10H2,1-2H3. The second-order valence-corrected chi connectivity index (χ2v) is 6.98. The van der Waals surface area contributed by atoms with E-state index in [1.165, 1.54) is 19.2 Å². The molecular formula is C14H21NO4S. The van der Waals surface area contributed by atoms with Gasteiger partial charge in [0.25, 0.3) is 0 Å². The number of methoxy groups -OCH3 is 1. The zero-order chi connectivity index (χ0) is 14.8. The van der Waals surface area contributed by atoms with Gasteiger partial charge in [0, 0.05) is 18.2 Å². The summed E-state index contributed by atoms with van der Waals surface area (Å²) in [7, 11) is -2.01. The van der Waals surface area contributed by atoms with Crippen molar-refractivity contribution in [2.45, 2.75) is 43.7 Å². The van der Waals surface area contributed by atoms with Gasteiger partial charge in [0.2, 0.25) is 10.0 Å². The maximum Gasteiger partial charge on any atom is 0.243 e. The van der Waals surface area contributed by atoms with E-state index in [1.807, 2.05) is 6.92 Å². The largest absolute Gasteiger partial charge is 0.496 e. The summed E-state index contributed by atoms with van der Waals surface area (Å²) in [6.45, 7) is 2.25. The minimum Gasteiger partial charge on any atom is -0.496 e. The highest BCUT2D eigenvalue weighted by molar-refractivity contribution is 7.89. The Kier molecular flexibility index (Phi) is 4.67. The molecule has 0 radical (unpaired) electrons. The van der Waals surface area contributed by atoms with Gasteiger partial charge in [-0.1, -0.05) is 6.42 Å². The first-order chi connectivity index (χ1) is 9.50. The van der Waals surface area contributed by atoms with Gasteiger partial charge in [0.1, 0.15) is 5.75 Å². The molecule has 0 bridgehead atoms. The van der Waals surface area contributed by atoms with E-state index in [2.05, 4.69) is 0 Å². The first-order valence-corrected chi connectivity index (χ1v) is 8.24. The zero-order valence-corrected chi connectivity index (χ0v) is 12.7. The van der Waals surface area contributed by atoms with Gasteiger partial charge in [0.15, 0.2) is 0 Å². The van der Waals surface area contributed by atoms with Gasteiger partial charge in [-0.05, 0) is 38.0 Å². The van der Waals surface area contributed by atoms with Crippen LogP contribution in [0.1, 0.15) is 31.7 Å². The third-order valence-corrected chi connectivity index (χ3v) is 5.78. The molecule has 1 heterocycles. The van der Waals surface area contributed by atoms with Crippen LogP contribution in [0.15, 0.2) is 23.1 Å². The Morgan fingerprint density at radius 1 is 1.40 bits per heavy atom. The molecule has 0 amide bonds. The smallest absolute Gasteiger partial charge is 0.243 e. The summed E-state index contributed by atoms with van der Waals surface area (Å²) in [5.41, 5.74) is 0.484. The van der Waals surface area contributed by atoms with Crippen LogP contribution < -0.4 is 4.74 Å². The third-order valence-electron chi connectivity index (χ3n) is 3.77. The highest BCUT2D eigenvalue weighted by Crippen LogP contribution is 2.28. The molecule has 1 N–H and O–H groups in total. The molecular weight excluding hydrogens is 278 g/mol. The number of hydrogen-bond acceptors (Lipinski definition) is 4. The summed E-state index contributed by atoms with van der Waals surface area (Å²) in [5, 5.41) is 9.31. The lowest BCUT2D eigenvalue weighted by molar-refractivity contribution is 0.267. The Hall–Kier alpha value is -1.11. The number of ether oxygens (including phenoxy) is 1. The zero-order valence-electron chi connectivity index (χ0n) is 11.9. The molecule has 1 aliphatic rings. The van der Waals surface area contributed by atoms with Gasteiger partial charge in [-0.15, -0.1) is 0 Å². The number of benzene rings is 1. The quantitative estimate of drug-likeness (QED) is 0.920. The topological polar surface area (TPSA) is 66.8 Å². The van der Waals surface area contributed by atoms with Crippen LogP contribution in [0, 0.1) is 0 Å². The molecule has 1 fully saturated rings. The Balaban J connectivity index is 2.38. The molecule has 1 atom stereocenters. The van der Waals surface area contributed by atoms with Gasteiger partial charge in [0.05, 0.1) is 18.6 Å². The van der Waals surface area contributed by atoms with Crippen molar-refractivity contribution in [3.8, 4) is 5.75 Å². The normalized spacial score (nSPS) is 20.9. The van der Waals surface area contributed by atoms with Crippen LogP contribution in [0.4, 0.5) is 0 Å². The Labute approximate surface area is 120 Å². The second-order valence-electron chi connectivity index (χ2n) is 5.09. The number of sulfonamides is 1. The molecule has 1 aliphatic heterocycles. The molecule has 1 aromatic rings. The van der Waals surface area contributed by atoms with Crippen molar-refractivity contribution in [3.63, 3.8) is 0 Å². The van der Waals surface area contributed by atoms with Crippen LogP contribution in [0.5, 0.6) is 5.75 Å².